The van der Waals surface area contributed by atoms with Crippen LogP contribution in [0.5, 0.6) is 0 Å². The van der Waals surface area contributed by atoms with Gasteiger partial charge in [-0.05, 0) is 30.7 Å². The normalized spacial score (nSPS) is 13.3. The second kappa shape index (κ2) is 7.51. The summed E-state index contributed by atoms with van der Waals surface area (Å²) in [6.07, 6.45) is -0.0942. The van der Waals surface area contributed by atoms with Crippen LogP contribution in [-0.2, 0) is 0 Å². The summed E-state index contributed by atoms with van der Waals surface area (Å²) in [4.78, 5) is 0. The number of hydrogen-bond donors (Lipinski definition) is 1. The van der Waals surface area contributed by atoms with Crippen molar-refractivity contribution in [1.82, 2.24) is 5.16 Å². The largest absolute Gasteiger partial charge is 0.381 e. The topological polar surface area (TPSA) is 46.3 Å². The number of aliphatic hydroxyl groups is 1. The van der Waals surface area contributed by atoms with Gasteiger partial charge in [0.25, 0.3) is 5.92 Å². The van der Waals surface area contributed by atoms with E-state index in [1.54, 1.807) is 54.6 Å². The van der Waals surface area contributed by atoms with Gasteiger partial charge < -0.3 is 9.63 Å². The van der Waals surface area contributed by atoms with E-state index in [-0.39, 0.29) is 17.0 Å². The van der Waals surface area contributed by atoms with Crippen molar-refractivity contribution in [2.24, 2.45) is 0 Å². The van der Waals surface area contributed by atoms with Crippen molar-refractivity contribution >= 4 is 22.0 Å². The maximum Gasteiger partial charge on any atom is 0.296 e. The Morgan fingerprint density at radius 2 is 1.77 bits per heavy atom. The molecule has 26 heavy (non-hydrogen) atoms. The fourth-order valence-electron chi connectivity index (χ4n) is 2.56. The highest BCUT2D eigenvalue weighted by Gasteiger charge is 2.40. The molecular formula is C20H16BrF2NO2. The Bertz CT molecular complexity index is 905. The van der Waals surface area contributed by atoms with Crippen molar-refractivity contribution in [3.63, 3.8) is 0 Å². The molecule has 6 heteroatoms. The van der Waals surface area contributed by atoms with Crippen LogP contribution in [0.25, 0.3) is 17.4 Å². The molecule has 0 saturated heterocycles. The Kier molecular flexibility index (Phi) is 5.34. The molecule has 134 valence electrons. The first-order valence-corrected chi connectivity index (χ1v) is 8.70. The van der Waals surface area contributed by atoms with Crippen molar-refractivity contribution in [2.75, 3.05) is 0 Å². The summed E-state index contributed by atoms with van der Waals surface area (Å²) in [5.74, 6) is -3.36. The quantitative estimate of drug-likeness (QED) is 0.568. The molecule has 0 radical (unpaired) electrons. The smallest absolute Gasteiger partial charge is 0.296 e. The zero-order valence-corrected chi connectivity index (χ0v) is 15.5. The Morgan fingerprint density at radius 3 is 2.42 bits per heavy atom. The number of hydrogen-bond acceptors (Lipinski definition) is 3. The lowest BCUT2D eigenvalue weighted by Gasteiger charge is -2.19. The standard InChI is InChI=1S/C20H16BrF2NO2/c1-13-17(18(26-24-13)15-7-9-16(21)10-8-15)19(25)20(22,23)12-11-14-5-3-2-4-6-14/h2-12,19,25H,1H3/b12-11+. The molecule has 0 saturated carbocycles. The molecule has 0 amide bonds. The molecule has 0 fully saturated rings. The molecule has 3 aromatic rings. The van der Waals surface area contributed by atoms with E-state index in [4.69, 9.17) is 4.52 Å². The lowest BCUT2D eigenvalue weighted by atomic mass is 9.97. The molecule has 1 heterocycles. The van der Waals surface area contributed by atoms with Crippen LogP contribution < -0.4 is 0 Å². The first-order chi connectivity index (χ1) is 12.4. The van der Waals surface area contributed by atoms with Crippen molar-refractivity contribution in [3.8, 4) is 11.3 Å². The number of aliphatic hydroxyl groups excluding tert-OH is 1. The van der Waals surface area contributed by atoms with E-state index in [2.05, 4.69) is 21.1 Å². The van der Waals surface area contributed by atoms with Crippen LogP contribution >= 0.6 is 15.9 Å². The van der Waals surface area contributed by atoms with Gasteiger partial charge in [-0.2, -0.15) is 8.78 Å². The molecule has 1 aromatic heterocycles. The molecule has 2 aromatic carbocycles. The molecule has 0 bridgehead atoms. The lowest BCUT2D eigenvalue weighted by molar-refractivity contribution is -0.0710. The second-order valence-corrected chi connectivity index (χ2v) is 6.75. The summed E-state index contributed by atoms with van der Waals surface area (Å²) in [7, 11) is 0. The Hall–Kier alpha value is -2.31. The van der Waals surface area contributed by atoms with Crippen LogP contribution in [-0.4, -0.2) is 16.2 Å². The fraction of sp³-hybridized carbons (Fsp3) is 0.150. The Labute approximate surface area is 158 Å². The van der Waals surface area contributed by atoms with Gasteiger partial charge in [0.2, 0.25) is 0 Å². The van der Waals surface area contributed by atoms with Gasteiger partial charge in [-0.25, -0.2) is 0 Å². The lowest BCUT2D eigenvalue weighted by Crippen LogP contribution is -2.24. The second-order valence-electron chi connectivity index (χ2n) is 5.84. The maximum atomic E-state index is 14.6. The van der Waals surface area contributed by atoms with E-state index in [1.807, 2.05) is 0 Å². The van der Waals surface area contributed by atoms with E-state index in [0.29, 0.717) is 17.2 Å². The van der Waals surface area contributed by atoms with Crippen molar-refractivity contribution < 1.29 is 18.4 Å². The molecular weight excluding hydrogens is 404 g/mol. The number of aryl methyl sites for hydroxylation is 1. The summed E-state index contributed by atoms with van der Waals surface area (Å²) in [5.41, 5.74) is 1.39. The van der Waals surface area contributed by atoms with Crippen molar-refractivity contribution in [3.05, 3.63) is 82.0 Å². The average Bonchev–Trinajstić information content (AvgIpc) is 3.02. The first kappa shape index (κ1) is 18.5. The molecule has 3 rings (SSSR count). The van der Waals surface area contributed by atoms with Gasteiger partial charge in [-0.15, -0.1) is 0 Å². The highest BCUT2D eigenvalue weighted by molar-refractivity contribution is 9.10. The van der Waals surface area contributed by atoms with Crippen LogP contribution in [0.4, 0.5) is 8.78 Å². The van der Waals surface area contributed by atoms with Crippen molar-refractivity contribution in [2.45, 2.75) is 19.0 Å². The monoisotopic (exact) mass is 419 g/mol. The van der Waals surface area contributed by atoms with Gasteiger partial charge in [-0.3, -0.25) is 0 Å². The van der Waals surface area contributed by atoms with Gasteiger partial charge in [0, 0.05) is 10.0 Å². The summed E-state index contributed by atoms with van der Waals surface area (Å²) >= 11 is 3.32. The van der Waals surface area contributed by atoms with Crippen LogP contribution in [0.2, 0.25) is 0 Å². The van der Waals surface area contributed by atoms with Gasteiger partial charge >= 0.3 is 0 Å². The van der Waals surface area contributed by atoms with E-state index in [9.17, 15) is 13.9 Å². The van der Waals surface area contributed by atoms with Gasteiger partial charge in [0.05, 0.1) is 11.3 Å². The van der Waals surface area contributed by atoms with Crippen LogP contribution in [0, 0.1) is 6.92 Å². The molecule has 3 nitrogen and oxygen atoms in total. The third-order valence-corrected chi connectivity index (χ3v) is 4.48. The molecule has 1 unspecified atom stereocenters. The molecule has 1 N–H and O–H groups in total. The minimum Gasteiger partial charge on any atom is -0.381 e. The number of aromatic nitrogens is 1. The summed E-state index contributed by atoms with van der Waals surface area (Å²) in [6, 6.07) is 15.7. The molecule has 0 aliphatic rings. The third kappa shape index (κ3) is 3.92. The zero-order valence-electron chi connectivity index (χ0n) is 13.9. The minimum absolute atomic E-state index is 0.0185. The summed E-state index contributed by atoms with van der Waals surface area (Å²) in [6.45, 7) is 1.53. The summed E-state index contributed by atoms with van der Waals surface area (Å²) in [5, 5.41) is 14.1. The van der Waals surface area contributed by atoms with Crippen LogP contribution in [0.15, 0.2) is 69.7 Å². The SMILES string of the molecule is Cc1noc(-c2ccc(Br)cc2)c1C(O)C(F)(F)/C=C/c1ccccc1. The molecule has 1 atom stereocenters. The average molecular weight is 420 g/mol. The summed E-state index contributed by atoms with van der Waals surface area (Å²) < 4.78 is 35.2. The highest BCUT2D eigenvalue weighted by Crippen LogP contribution is 2.40. The molecule has 0 aliphatic carbocycles. The van der Waals surface area contributed by atoms with Gasteiger partial charge in [-0.1, -0.05) is 69.6 Å². The van der Waals surface area contributed by atoms with E-state index in [0.717, 1.165) is 4.47 Å². The van der Waals surface area contributed by atoms with Gasteiger partial charge in [0.15, 0.2) is 11.9 Å². The zero-order chi connectivity index (χ0) is 18.7. The predicted molar refractivity (Wildman–Crippen MR) is 99.8 cm³/mol. The van der Waals surface area contributed by atoms with E-state index in [1.165, 1.54) is 13.0 Å². The van der Waals surface area contributed by atoms with Crippen molar-refractivity contribution in [1.29, 1.82) is 0 Å². The Balaban J connectivity index is 1.94. The fourth-order valence-corrected chi connectivity index (χ4v) is 2.83. The maximum absolute atomic E-state index is 14.6. The third-order valence-electron chi connectivity index (χ3n) is 3.95. The van der Waals surface area contributed by atoms with Gasteiger partial charge in [0.1, 0.15) is 0 Å². The Morgan fingerprint density at radius 1 is 1.12 bits per heavy atom. The number of benzene rings is 2. The number of halogens is 3. The van der Waals surface area contributed by atoms with E-state index >= 15 is 0 Å². The predicted octanol–water partition coefficient (Wildman–Crippen LogP) is 5.79. The molecule has 0 spiro atoms. The first-order valence-electron chi connectivity index (χ1n) is 7.91. The van der Waals surface area contributed by atoms with E-state index < -0.39 is 12.0 Å². The number of nitrogens with zero attached hydrogens (tertiary/aromatic N) is 1. The molecule has 0 aliphatic heterocycles. The number of alkyl halides is 2. The number of rotatable bonds is 5. The minimum atomic E-state index is -3.49. The highest BCUT2D eigenvalue weighted by atomic mass is 79.9. The van der Waals surface area contributed by atoms with Crippen LogP contribution in [0.1, 0.15) is 22.9 Å². The van der Waals surface area contributed by atoms with Crippen LogP contribution in [0.3, 0.4) is 0 Å².